The van der Waals surface area contributed by atoms with Gasteiger partial charge in [-0.25, -0.2) is 4.98 Å². The molecule has 5 aromatic rings. The fourth-order valence-electron chi connectivity index (χ4n) is 3.19. The predicted octanol–water partition coefficient (Wildman–Crippen LogP) is 5.76. The summed E-state index contributed by atoms with van der Waals surface area (Å²) in [7, 11) is -3.39. The van der Waals surface area contributed by atoms with Gasteiger partial charge in [0.05, 0.1) is 15.5 Å². The van der Waals surface area contributed by atoms with Crippen LogP contribution in [-0.2, 0) is 4.57 Å². The Kier molecular flexibility index (Phi) is 4.23. The summed E-state index contributed by atoms with van der Waals surface area (Å²) in [6.07, 6.45) is 0. The number of hydrogen-bond donors (Lipinski definition) is 0. The number of aromatic nitrogens is 1. The van der Waals surface area contributed by atoms with Crippen LogP contribution >= 0.6 is 18.7 Å². The third-order valence-corrected chi connectivity index (χ3v) is 8.47. The van der Waals surface area contributed by atoms with Crippen LogP contribution in [0.1, 0.15) is 0 Å². The first-order valence-electron chi connectivity index (χ1n) is 8.93. The second-order valence-electron chi connectivity index (χ2n) is 6.45. The van der Waals surface area contributed by atoms with E-state index in [2.05, 4.69) is 4.98 Å². The standard InChI is InChI=1S/C23H16NO2PS/c25-27(20-10-2-1-3-11-20,23-24-21-12-6-7-13-22(21)28-23)26-19-15-14-17-8-4-5-9-18(17)16-19/h1-16H. The average molecular weight is 401 g/mol. The van der Waals surface area contributed by atoms with E-state index in [4.69, 9.17) is 4.52 Å². The molecule has 0 aliphatic heterocycles. The molecule has 0 saturated carbocycles. The van der Waals surface area contributed by atoms with Crippen LogP contribution in [0.3, 0.4) is 0 Å². The molecule has 0 spiro atoms. The van der Waals surface area contributed by atoms with E-state index < -0.39 is 7.37 Å². The summed E-state index contributed by atoms with van der Waals surface area (Å²) in [6, 6.07) is 31.0. The molecule has 1 heterocycles. The van der Waals surface area contributed by atoms with Crippen molar-refractivity contribution in [3.05, 3.63) is 97.1 Å². The van der Waals surface area contributed by atoms with Crippen LogP contribution in [0.5, 0.6) is 5.75 Å². The van der Waals surface area contributed by atoms with Gasteiger partial charge in [-0.1, -0.05) is 60.7 Å². The smallest absolute Gasteiger partial charge is 0.334 e. The van der Waals surface area contributed by atoms with Crippen molar-refractivity contribution in [3.8, 4) is 5.75 Å². The van der Waals surface area contributed by atoms with E-state index in [1.807, 2.05) is 97.1 Å². The third kappa shape index (κ3) is 3.01. The monoisotopic (exact) mass is 401 g/mol. The van der Waals surface area contributed by atoms with E-state index in [-0.39, 0.29) is 0 Å². The summed E-state index contributed by atoms with van der Waals surface area (Å²) >= 11 is 1.42. The molecule has 0 aliphatic carbocycles. The van der Waals surface area contributed by atoms with Crippen LogP contribution in [0.2, 0.25) is 0 Å². The average Bonchev–Trinajstić information content (AvgIpc) is 3.19. The van der Waals surface area contributed by atoms with Crippen molar-refractivity contribution < 1.29 is 9.09 Å². The minimum atomic E-state index is -3.39. The Bertz CT molecular complexity index is 1300. The molecule has 5 rings (SSSR count). The van der Waals surface area contributed by atoms with Crippen molar-refractivity contribution in [1.82, 2.24) is 4.98 Å². The highest BCUT2D eigenvalue weighted by atomic mass is 32.1. The number of benzene rings is 4. The number of para-hydroxylation sites is 1. The van der Waals surface area contributed by atoms with E-state index in [1.54, 1.807) is 0 Å². The van der Waals surface area contributed by atoms with Gasteiger partial charge in [0.15, 0.2) is 4.75 Å². The van der Waals surface area contributed by atoms with E-state index in [9.17, 15) is 4.57 Å². The Balaban J connectivity index is 1.66. The zero-order chi connectivity index (χ0) is 19.0. The molecule has 28 heavy (non-hydrogen) atoms. The number of thiazole rings is 1. The summed E-state index contributed by atoms with van der Waals surface area (Å²) in [5.74, 6) is 0.574. The van der Waals surface area contributed by atoms with Gasteiger partial charge in [0.2, 0.25) is 0 Å². The highest BCUT2D eigenvalue weighted by molar-refractivity contribution is 7.79. The summed E-state index contributed by atoms with van der Waals surface area (Å²) in [5.41, 5.74) is 0.834. The molecule has 0 radical (unpaired) electrons. The topological polar surface area (TPSA) is 39.2 Å². The maximum absolute atomic E-state index is 14.2. The van der Waals surface area contributed by atoms with Gasteiger partial charge < -0.3 is 4.52 Å². The maximum Gasteiger partial charge on any atom is 0.334 e. The van der Waals surface area contributed by atoms with Crippen LogP contribution in [0.15, 0.2) is 97.1 Å². The van der Waals surface area contributed by atoms with E-state index in [0.717, 1.165) is 21.0 Å². The Morgan fingerprint density at radius 3 is 2.29 bits per heavy atom. The lowest BCUT2D eigenvalue weighted by Gasteiger charge is -2.18. The first-order valence-corrected chi connectivity index (χ1v) is 11.4. The molecule has 136 valence electrons. The molecular formula is C23H16NO2PS. The van der Waals surface area contributed by atoms with Crippen LogP contribution in [0, 0.1) is 0 Å². The van der Waals surface area contributed by atoms with Gasteiger partial charge >= 0.3 is 7.37 Å². The van der Waals surface area contributed by atoms with Gasteiger partial charge in [0, 0.05) is 0 Å². The maximum atomic E-state index is 14.2. The Morgan fingerprint density at radius 1 is 0.750 bits per heavy atom. The molecule has 0 saturated heterocycles. The largest absolute Gasteiger partial charge is 0.435 e. The Morgan fingerprint density at radius 2 is 1.46 bits per heavy atom. The van der Waals surface area contributed by atoms with Gasteiger partial charge in [-0.3, -0.25) is 4.57 Å². The predicted molar refractivity (Wildman–Crippen MR) is 118 cm³/mol. The summed E-state index contributed by atoms with van der Waals surface area (Å²) in [6.45, 7) is 0. The van der Waals surface area contributed by atoms with Gasteiger partial charge in [-0.2, -0.15) is 0 Å². The van der Waals surface area contributed by atoms with E-state index in [1.165, 1.54) is 11.3 Å². The third-order valence-electron chi connectivity index (χ3n) is 4.59. The quantitative estimate of drug-likeness (QED) is 0.360. The van der Waals surface area contributed by atoms with Gasteiger partial charge in [0.1, 0.15) is 5.75 Å². The highest BCUT2D eigenvalue weighted by Gasteiger charge is 2.34. The molecular weight excluding hydrogens is 385 g/mol. The van der Waals surface area contributed by atoms with Crippen molar-refractivity contribution in [3.63, 3.8) is 0 Å². The van der Waals surface area contributed by atoms with Crippen LogP contribution in [0.4, 0.5) is 0 Å². The molecule has 5 heteroatoms. The molecule has 1 unspecified atom stereocenters. The minimum absolute atomic E-state index is 0.507. The number of hydrogen-bond acceptors (Lipinski definition) is 4. The van der Waals surface area contributed by atoms with Gasteiger partial charge in [0.25, 0.3) is 0 Å². The summed E-state index contributed by atoms with van der Waals surface area (Å²) < 4.78 is 21.9. The molecule has 0 N–H and O–H groups in total. The molecule has 0 bridgehead atoms. The minimum Gasteiger partial charge on any atom is -0.435 e. The lowest BCUT2D eigenvalue weighted by atomic mass is 10.1. The molecule has 0 aliphatic rings. The summed E-state index contributed by atoms with van der Waals surface area (Å²) in [4.78, 5) is 4.65. The fraction of sp³-hybridized carbons (Fsp3) is 0. The molecule has 0 amide bonds. The highest BCUT2D eigenvalue weighted by Crippen LogP contribution is 2.47. The van der Waals surface area contributed by atoms with Crippen molar-refractivity contribution in [2.45, 2.75) is 0 Å². The van der Waals surface area contributed by atoms with Crippen molar-refractivity contribution in [2.24, 2.45) is 0 Å². The van der Waals surface area contributed by atoms with Crippen molar-refractivity contribution >= 4 is 49.7 Å². The Labute approximate surface area is 166 Å². The number of nitrogens with zero attached hydrogens (tertiary/aromatic N) is 1. The lowest BCUT2D eigenvalue weighted by Crippen LogP contribution is -2.19. The van der Waals surface area contributed by atoms with Crippen LogP contribution in [-0.4, -0.2) is 4.98 Å². The lowest BCUT2D eigenvalue weighted by molar-refractivity contribution is 0.503. The number of fused-ring (bicyclic) bond motifs is 2. The SMILES string of the molecule is O=P(Oc1ccc2ccccc2c1)(c1ccccc1)c1nc2ccccc2s1. The second kappa shape index (κ2) is 6.90. The van der Waals surface area contributed by atoms with Crippen molar-refractivity contribution in [2.75, 3.05) is 0 Å². The van der Waals surface area contributed by atoms with Crippen LogP contribution in [0.25, 0.3) is 21.0 Å². The van der Waals surface area contributed by atoms with E-state index in [0.29, 0.717) is 15.8 Å². The van der Waals surface area contributed by atoms with Crippen LogP contribution < -0.4 is 14.6 Å². The number of rotatable bonds is 4. The van der Waals surface area contributed by atoms with E-state index >= 15 is 0 Å². The molecule has 1 atom stereocenters. The molecule has 3 nitrogen and oxygen atoms in total. The normalized spacial score (nSPS) is 13.4. The first kappa shape index (κ1) is 17.2. The molecule has 4 aromatic carbocycles. The van der Waals surface area contributed by atoms with Crippen molar-refractivity contribution in [1.29, 1.82) is 0 Å². The van der Waals surface area contributed by atoms with Gasteiger partial charge in [-0.15, -0.1) is 11.3 Å². The zero-order valence-corrected chi connectivity index (χ0v) is 16.6. The zero-order valence-electron chi connectivity index (χ0n) is 14.9. The molecule has 1 aromatic heterocycles. The second-order valence-corrected chi connectivity index (χ2v) is 10.0. The first-order chi connectivity index (χ1) is 13.7. The fourth-order valence-corrected chi connectivity index (χ4v) is 6.71. The van der Waals surface area contributed by atoms with Gasteiger partial charge in [-0.05, 0) is 47.2 Å². The Hall–Kier alpha value is -2.94. The molecule has 0 fully saturated rings. The summed E-state index contributed by atoms with van der Waals surface area (Å²) in [5, 5.41) is 2.80.